The van der Waals surface area contributed by atoms with Gasteiger partial charge in [-0.2, -0.15) is 0 Å². The van der Waals surface area contributed by atoms with Crippen molar-refractivity contribution in [2.24, 2.45) is 0 Å². The summed E-state index contributed by atoms with van der Waals surface area (Å²) in [7, 11) is 0. The topological polar surface area (TPSA) is 80.5 Å². The van der Waals surface area contributed by atoms with Gasteiger partial charge in [-0.3, -0.25) is 4.98 Å². The van der Waals surface area contributed by atoms with Crippen LogP contribution in [0.5, 0.6) is 0 Å². The predicted octanol–water partition coefficient (Wildman–Crippen LogP) is 0.933. The highest BCUT2D eigenvalue weighted by Gasteiger charge is 2.00. The van der Waals surface area contributed by atoms with Crippen LogP contribution < -0.4 is 5.73 Å². The summed E-state index contributed by atoms with van der Waals surface area (Å²) in [4.78, 5) is 15.0. The summed E-state index contributed by atoms with van der Waals surface area (Å²) in [6.45, 7) is 0. The van der Waals surface area contributed by atoms with Crippen LogP contribution in [0.2, 0.25) is 0 Å². The minimum Gasteiger partial charge on any atom is -0.382 e. The number of imidazole rings is 1. The number of anilines is 1. The zero-order valence-corrected chi connectivity index (χ0v) is 7.45. The van der Waals surface area contributed by atoms with Gasteiger partial charge in [0.2, 0.25) is 0 Å². The van der Waals surface area contributed by atoms with Crippen LogP contribution in [0, 0.1) is 0 Å². The summed E-state index contributed by atoms with van der Waals surface area (Å²) >= 11 is 1.39. The van der Waals surface area contributed by atoms with Gasteiger partial charge in [0.15, 0.2) is 5.16 Å². The molecule has 2 heterocycles. The van der Waals surface area contributed by atoms with Gasteiger partial charge in [0.05, 0.1) is 12.4 Å². The lowest BCUT2D eigenvalue weighted by Crippen LogP contribution is -1.92. The predicted molar refractivity (Wildman–Crippen MR) is 49.2 cm³/mol. The minimum absolute atomic E-state index is 0.413. The fourth-order valence-corrected chi connectivity index (χ4v) is 1.52. The van der Waals surface area contributed by atoms with Crippen molar-refractivity contribution in [2.45, 2.75) is 10.2 Å². The molecule has 0 atom stereocenters. The molecule has 0 aliphatic heterocycles. The Morgan fingerprint density at radius 2 is 2.31 bits per heavy atom. The number of nitrogen functional groups attached to an aromatic ring is 1. The number of nitrogens with zero attached hydrogens (tertiary/aromatic N) is 3. The van der Waals surface area contributed by atoms with Crippen molar-refractivity contribution >= 4 is 17.6 Å². The summed E-state index contributed by atoms with van der Waals surface area (Å²) < 4.78 is 0. The number of aromatic nitrogens is 4. The van der Waals surface area contributed by atoms with Gasteiger partial charge in [-0.05, 0) is 11.8 Å². The number of nitrogens with one attached hydrogen (secondary N) is 1. The number of H-pyrrole nitrogens is 1. The van der Waals surface area contributed by atoms with Gasteiger partial charge in [-0.1, -0.05) is 0 Å². The second-order valence-corrected chi connectivity index (χ2v) is 3.29. The Morgan fingerprint density at radius 3 is 3.00 bits per heavy atom. The third kappa shape index (κ3) is 1.97. The van der Waals surface area contributed by atoms with Crippen LogP contribution in [0.3, 0.4) is 0 Å². The fraction of sp³-hybridized carbons (Fsp3) is 0. The van der Waals surface area contributed by atoms with Gasteiger partial charge in [-0.15, -0.1) is 0 Å². The zero-order chi connectivity index (χ0) is 9.10. The average molecular weight is 193 g/mol. The van der Waals surface area contributed by atoms with Gasteiger partial charge in [0.1, 0.15) is 10.8 Å². The molecule has 0 aliphatic rings. The molecule has 0 radical (unpaired) electrons. The van der Waals surface area contributed by atoms with Crippen LogP contribution in [-0.2, 0) is 0 Å². The largest absolute Gasteiger partial charge is 0.382 e. The summed E-state index contributed by atoms with van der Waals surface area (Å²) in [6, 6.07) is 0. The Morgan fingerprint density at radius 1 is 1.38 bits per heavy atom. The van der Waals surface area contributed by atoms with Crippen LogP contribution in [0.4, 0.5) is 5.82 Å². The molecule has 0 fully saturated rings. The van der Waals surface area contributed by atoms with Crippen LogP contribution >= 0.6 is 11.8 Å². The lowest BCUT2D eigenvalue weighted by Gasteiger charge is -1.96. The maximum absolute atomic E-state index is 5.47. The second kappa shape index (κ2) is 3.44. The second-order valence-electron chi connectivity index (χ2n) is 2.28. The van der Waals surface area contributed by atoms with Gasteiger partial charge in [0.25, 0.3) is 0 Å². The standard InChI is InChI=1S/C7H7N5S/c8-5-3-9-4-6(12-5)13-7-10-1-2-11-7/h1-4H,(H2,8,12)(H,10,11). The van der Waals surface area contributed by atoms with Crippen LogP contribution in [-0.4, -0.2) is 19.9 Å². The van der Waals surface area contributed by atoms with Crippen molar-refractivity contribution in [3.05, 3.63) is 24.8 Å². The van der Waals surface area contributed by atoms with E-state index in [0.717, 1.165) is 10.2 Å². The van der Waals surface area contributed by atoms with Crippen LogP contribution in [0.25, 0.3) is 0 Å². The van der Waals surface area contributed by atoms with E-state index >= 15 is 0 Å². The number of rotatable bonds is 2. The van der Waals surface area contributed by atoms with Crippen molar-refractivity contribution in [3.63, 3.8) is 0 Å². The monoisotopic (exact) mass is 193 g/mol. The molecular formula is C7H7N5S. The van der Waals surface area contributed by atoms with E-state index in [4.69, 9.17) is 5.73 Å². The molecule has 0 unspecified atom stereocenters. The molecule has 0 bridgehead atoms. The van der Waals surface area contributed by atoms with E-state index in [9.17, 15) is 0 Å². The Labute approximate surface area is 78.8 Å². The molecule has 0 saturated heterocycles. The van der Waals surface area contributed by atoms with Crippen molar-refractivity contribution in [2.75, 3.05) is 5.73 Å². The maximum Gasteiger partial charge on any atom is 0.171 e. The first kappa shape index (κ1) is 8.06. The SMILES string of the molecule is Nc1cncc(Sc2ncc[nH]2)n1. The number of aromatic amines is 1. The van der Waals surface area contributed by atoms with Gasteiger partial charge < -0.3 is 10.7 Å². The molecule has 2 aromatic rings. The first-order chi connectivity index (χ1) is 6.34. The van der Waals surface area contributed by atoms with E-state index in [1.807, 2.05) is 0 Å². The molecule has 0 saturated carbocycles. The normalized spacial score (nSPS) is 10.2. The number of nitrogens with two attached hydrogens (primary N) is 1. The highest BCUT2D eigenvalue weighted by Crippen LogP contribution is 2.21. The molecule has 0 amide bonds. The van der Waals surface area contributed by atoms with Gasteiger partial charge >= 0.3 is 0 Å². The van der Waals surface area contributed by atoms with Crippen molar-refractivity contribution in [3.8, 4) is 0 Å². The molecular weight excluding hydrogens is 186 g/mol. The first-order valence-corrected chi connectivity index (χ1v) is 4.41. The Hall–Kier alpha value is -1.56. The van der Waals surface area contributed by atoms with E-state index in [1.54, 1.807) is 18.6 Å². The molecule has 2 aromatic heterocycles. The van der Waals surface area contributed by atoms with E-state index in [-0.39, 0.29) is 0 Å². The van der Waals surface area contributed by atoms with E-state index in [0.29, 0.717) is 5.82 Å². The van der Waals surface area contributed by atoms with E-state index < -0.39 is 0 Å². The van der Waals surface area contributed by atoms with Crippen molar-refractivity contribution in [1.82, 2.24) is 19.9 Å². The van der Waals surface area contributed by atoms with Crippen molar-refractivity contribution in [1.29, 1.82) is 0 Å². The average Bonchev–Trinajstić information content (AvgIpc) is 2.57. The van der Waals surface area contributed by atoms with E-state index in [2.05, 4.69) is 19.9 Å². The minimum atomic E-state index is 0.413. The molecule has 3 N–H and O–H groups in total. The molecule has 66 valence electrons. The molecule has 5 nitrogen and oxygen atoms in total. The first-order valence-electron chi connectivity index (χ1n) is 3.59. The molecule has 0 aromatic carbocycles. The Bertz CT molecular complexity index is 386. The lowest BCUT2D eigenvalue weighted by atomic mass is 10.7. The van der Waals surface area contributed by atoms with Gasteiger partial charge in [0, 0.05) is 12.4 Å². The molecule has 0 spiro atoms. The quantitative estimate of drug-likeness (QED) is 0.741. The van der Waals surface area contributed by atoms with Crippen LogP contribution in [0.1, 0.15) is 0 Å². The van der Waals surface area contributed by atoms with E-state index in [1.165, 1.54) is 18.0 Å². The summed E-state index contributed by atoms with van der Waals surface area (Å²) in [5, 5.41) is 1.51. The maximum atomic E-state index is 5.47. The highest BCUT2D eigenvalue weighted by molar-refractivity contribution is 7.99. The van der Waals surface area contributed by atoms with Gasteiger partial charge in [-0.25, -0.2) is 9.97 Å². The Kier molecular flexibility index (Phi) is 2.13. The lowest BCUT2D eigenvalue weighted by molar-refractivity contribution is 1.02. The third-order valence-electron chi connectivity index (χ3n) is 1.31. The smallest absolute Gasteiger partial charge is 0.171 e. The Balaban J connectivity index is 2.19. The van der Waals surface area contributed by atoms with Crippen LogP contribution in [0.15, 0.2) is 35.0 Å². The molecule has 2 rings (SSSR count). The number of hydrogen-bond donors (Lipinski definition) is 2. The molecule has 13 heavy (non-hydrogen) atoms. The summed E-state index contributed by atoms with van der Waals surface area (Å²) in [5.74, 6) is 0.413. The molecule has 0 aliphatic carbocycles. The fourth-order valence-electron chi connectivity index (χ4n) is 0.817. The van der Waals surface area contributed by atoms with Crippen molar-refractivity contribution < 1.29 is 0 Å². The zero-order valence-electron chi connectivity index (χ0n) is 6.64. The molecule has 6 heteroatoms. The number of hydrogen-bond acceptors (Lipinski definition) is 5. The third-order valence-corrected chi connectivity index (χ3v) is 2.13. The highest BCUT2D eigenvalue weighted by atomic mass is 32.2. The summed E-state index contributed by atoms with van der Waals surface area (Å²) in [6.07, 6.45) is 6.58. The summed E-state index contributed by atoms with van der Waals surface area (Å²) in [5.41, 5.74) is 5.47.